The van der Waals surface area contributed by atoms with E-state index in [1.54, 1.807) is 7.11 Å². The highest BCUT2D eigenvalue weighted by atomic mass is 79.9. The molecule has 0 amide bonds. The summed E-state index contributed by atoms with van der Waals surface area (Å²) in [5.41, 5.74) is 2.02. The molecule has 21 heavy (non-hydrogen) atoms. The minimum absolute atomic E-state index is 0.451. The van der Waals surface area contributed by atoms with Crippen LogP contribution in [0.15, 0.2) is 33.2 Å². The second kappa shape index (κ2) is 7.87. The second-order valence-electron chi connectivity index (χ2n) is 4.52. The van der Waals surface area contributed by atoms with E-state index in [9.17, 15) is 0 Å². The Morgan fingerprint density at radius 2 is 2.05 bits per heavy atom. The number of aromatic nitrogens is 2. The lowest BCUT2D eigenvalue weighted by atomic mass is 10.1. The van der Waals surface area contributed by atoms with E-state index in [1.165, 1.54) is 0 Å². The third-order valence-corrected chi connectivity index (χ3v) is 4.17. The molecule has 6 heteroatoms. The average molecular weight is 415 g/mol. The predicted molar refractivity (Wildman–Crippen MR) is 91.6 cm³/mol. The molecule has 0 aliphatic carbocycles. The molecule has 0 fully saturated rings. The summed E-state index contributed by atoms with van der Waals surface area (Å²) in [6.07, 6.45) is 0.682. The maximum Gasteiger partial charge on any atom is 0.144 e. The van der Waals surface area contributed by atoms with Crippen LogP contribution in [0.25, 0.3) is 0 Å². The first-order valence-electron chi connectivity index (χ1n) is 6.66. The van der Waals surface area contributed by atoms with Gasteiger partial charge in [0, 0.05) is 24.5 Å². The van der Waals surface area contributed by atoms with Crippen LogP contribution in [0.1, 0.15) is 24.0 Å². The number of methoxy groups -OCH3 is 1. The van der Waals surface area contributed by atoms with E-state index >= 15 is 0 Å². The minimum Gasteiger partial charge on any atom is -0.378 e. The highest BCUT2D eigenvalue weighted by Gasteiger charge is 2.12. The van der Waals surface area contributed by atoms with Crippen LogP contribution in [0.3, 0.4) is 0 Å². The molecule has 2 rings (SSSR count). The SMILES string of the molecule is CCNc1nc(Cc2cccc(Br)c2)nc(COC)c1Br. The Morgan fingerprint density at radius 1 is 1.24 bits per heavy atom. The zero-order chi connectivity index (χ0) is 15.2. The number of halogens is 2. The molecule has 0 aliphatic rings. The fourth-order valence-corrected chi connectivity index (χ4v) is 2.85. The van der Waals surface area contributed by atoms with E-state index in [0.29, 0.717) is 13.0 Å². The van der Waals surface area contributed by atoms with Crippen molar-refractivity contribution in [2.75, 3.05) is 19.0 Å². The number of hydrogen-bond donors (Lipinski definition) is 1. The van der Waals surface area contributed by atoms with E-state index in [-0.39, 0.29) is 0 Å². The molecule has 0 unspecified atom stereocenters. The predicted octanol–water partition coefficient (Wildman–Crippen LogP) is 4.17. The van der Waals surface area contributed by atoms with Crippen molar-refractivity contribution in [3.63, 3.8) is 0 Å². The normalized spacial score (nSPS) is 10.7. The first-order valence-corrected chi connectivity index (χ1v) is 8.25. The summed E-state index contributed by atoms with van der Waals surface area (Å²) in [5, 5.41) is 3.25. The number of anilines is 1. The van der Waals surface area contributed by atoms with E-state index < -0.39 is 0 Å². The summed E-state index contributed by atoms with van der Waals surface area (Å²) >= 11 is 7.02. The highest BCUT2D eigenvalue weighted by molar-refractivity contribution is 9.11. The minimum atomic E-state index is 0.451. The molecule has 4 nitrogen and oxygen atoms in total. The number of nitrogens with one attached hydrogen (secondary N) is 1. The monoisotopic (exact) mass is 413 g/mol. The Kier molecular flexibility index (Phi) is 6.14. The molecule has 0 aliphatic heterocycles. The highest BCUT2D eigenvalue weighted by Crippen LogP contribution is 2.25. The molecular formula is C15H17Br2N3O. The maximum absolute atomic E-state index is 5.21. The number of hydrogen-bond acceptors (Lipinski definition) is 4. The van der Waals surface area contributed by atoms with Crippen LogP contribution >= 0.6 is 31.9 Å². The third-order valence-electron chi connectivity index (χ3n) is 2.84. The smallest absolute Gasteiger partial charge is 0.144 e. The maximum atomic E-state index is 5.21. The molecule has 0 saturated carbocycles. The van der Waals surface area contributed by atoms with Gasteiger partial charge in [0.2, 0.25) is 0 Å². The summed E-state index contributed by atoms with van der Waals surface area (Å²) in [6, 6.07) is 8.17. The van der Waals surface area contributed by atoms with Crippen LogP contribution in [-0.2, 0) is 17.8 Å². The van der Waals surface area contributed by atoms with Crippen molar-refractivity contribution in [2.24, 2.45) is 0 Å². The van der Waals surface area contributed by atoms with Gasteiger partial charge in [-0.2, -0.15) is 0 Å². The van der Waals surface area contributed by atoms with E-state index in [1.807, 2.05) is 19.1 Å². The number of benzene rings is 1. The van der Waals surface area contributed by atoms with Crippen LogP contribution in [0.4, 0.5) is 5.82 Å². The number of rotatable bonds is 6. The fraction of sp³-hybridized carbons (Fsp3) is 0.333. The van der Waals surface area contributed by atoms with Gasteiger partial charge in [0.1, 0.15) is 11.6 Å². The Hall–Kier alpha value is -0.980. The van der Waals surface area contributed by atoms with Crippen molar-refractivity contribution in [1.29, 1.82) is 0 Å². The molecule has 1 heterocycles. The second-order valence-corrected chi connectivity index (χ2v) is 6.23. The zero-order valence-electron chi connectivity index (χ0n) is 12.0. The molecule has 2 aromatic rings. The lowest BCUT2D eigenvalue weighted by Gasteiger charge is -2.12. The summed E-state index contributed by atoms with van der Waals surface area (Å²) in [6.45, 7) is 3.30. The molecule has 1 aromatic carbocycles. The van der Waals surface area contributed by atoms with Crippen molar-refractivity contribution in [2.45, 2.75) is 20.0 Å². The van der Waals surface area contributed by atoms with Crippen molar-refractivity contribution >= 4 is 37.7 Å². The molecule has 1 aromatic heterocycles. The number of nitrogens with zero attached hydrogens (tertiary/aromatic N) is 2. The van der Waals surface area contributed by atoms with Gasteiger partial charge in [-0.05, 0) is 40.5 Å². The Bertz CT molecular complexity index is 593. The Labute approximate surface area is 141 Å². The van der Waals surface area contributed by atoms with E-state index in [0.717, 1.165) is 38.4 Å². The fourth-order valence-electron chi connectivity index (χ4n) is 1.97. The zero-order valence-corrected chi connectivity index (χ0v) is 15.2. The van der Waals surface area contributed by atoms with Gasteiger partial charge in [-0.1, -0.05) is 28.1 Å². The topological polar surface area (TPSA) is 47.0 Å². The van der Waals surface area contributed by atoms with E-state index in [2.05, 4.69) is 59.3 Å². The lowest BCUT2D eigenvalue weighted by molar-refractivity contribution is 0.180. The van der Waals surface area contributed by atoms with Crippen LogP contribution < -0.4 is 5.32 Å². The van der Waals surface area contributed by atoms with Gasteiger partial charge < -0.3 is 10.1 Å². The molecule has 0 atom stereocenters. The van der Waals surface area contributed by atoms with Gasteiger partial charge in [-0.15, -0.1) is 0 Å². The standard InChI is InChI=1S/C15H17Br2N3O/c1-3-18-15-14(17)12(9-21-2)19-13(20-15)8-10-5-4-6-11(16)7-10/h4-7H,3,8-9H2,1-2H3,(H,18,19,20). The van der Waals surface area contributed by atoms with Crippen molar-refractivity contribution in [3.8, 4) is 0 Å². The number of ether oxygens (including phenoxy) is 1. The Balaban J connectivity index is 2.33. The largest absolute Gasteiger partial charge is 0.378 e. The van der Waals surface area contributed by atoms with Gasteiger partial charge in [0.15, 0.2) is 0 Å². The molecule has 1 N–H and O–H groups in total. The third kappa shape index (κ3) is 4.49. The van der Waals surface area contributed by atoms with Crippen molar-refractivity contribution < 1.29 is 4.74 Å². The van der Waals surface area contributed by atoms with Gasteiger partial charge in [-0.25, -0.2) is 9.97 Å². The van der Waals surface area contributed by atoms with Crippen LogP contribution in [0.5, 0.6) is 0 Å². The van der Waals surface area contributed by atoms with E-state index in [4.69, 9.17) is 4.74 Å². The van der Waals surface area contributed by atoms with Gasteiger partial charge in [0.05, 0.1) is 16.8 Å². The molecule has 0 saturated heterocycles. The summed E-state index contributed by atoms with van der Waals surface area (Å²) in [7, 11) is 1.66. The van der Waals surface area contributed by atoms with Crippen LogP contribution in [0.2, 0.25) is 0 Å². The van der Waals surface area contributed by atoms with Gasteiger partial charge in [0.25, 0.3) is 0 Å². The first-order chi connectivity index (χ1) is 10.1. The summed E-state index contributed by atoms with van der Waals surface area (Å²) < 4.78 is 7.13. The molecule has 0 spiro atoms. The summed E-state index contributed by atoms with van der Waals surface area (Å²) in [5.74, 6) is 1.59. The van der Waals surface area contributed by atoms with Crippen molar-refractivity contribution in [3.05, 3.63) is 50.3 Å². The van der Waals surface area contributed by atoms with Crippen LogP contribution in [0, 0.1) is 0 Å². The lowest BCUT2D eigenvalue weighted by Crippen LogP contribution is -2.09. The molecule has 112 valence electrons. The molecule has 0 bridgehead atoms. The Morgan fingerprint density at radius 3 is 2.71 bits per heavy atom. The van der Waals surface area contributed by atoms with Gasteiger partial charge >= 0.3 is 0 Å². The molecular weight excluding hydrogens is 398 g/mol. The van der Waals surface area contributed by atoms with Gasteiger partial charge in [-0.3, -0.25) is 0 Å². The van der Waals surface area contributed by atoms with Crippen LogP contribution in [-0.4, -0.2) is 23.6 Å². The average Bonchev–Trinajstić information content (AvgIpc) is 2.44. The summed E-state index contributed by atoms with van der Waals surface area (Å²) in [4.78, 5) is 9.18. The quantitative estimate of drug-likeness (QED) is 0.770. The van der Waals surface area contributed by atoms with Crippen molar-refractivity contribution in [1.82, 2.24) is 9.97 Å². The molecule has 0 radical (unpaired) electrons. The first kappa shape index (κ1) is 16.4.